The van der Waals surface area contributed by atoms with Gasteiger partial charge in [0.2, 0.25) is 0 Å². The molecule has 1 atom stereocenters. The number of ether oxygens (including phenoxy) is 1. The van der Waals surface area contributed by atoms with Gasteiger partial charge in [0.05, 0.1) is 11.7 Å². The first kappa shape index (κ1) is 12.5. The summed E-state index contributed by atoms with van der Waals surface area (Å²) in [6, 6.07) is 4.38. The Morgan fingerprint density at radius 1 is 1.59 bits per heavy atom. The maximum atomic E-state index is 13.5. The predicted octanol–water partition coefficient (Wildman–Crippen LogP) is 2.50. The van der Waals surface area contributed by atoms with E-state index in [2.05, 4.69) is 21.2 Å². The summed E-state index contributed by atoms with van der Waals surface area (Å²) in [6.45, 7) is 1.18. The lowest BCUT2D eigenvalue weighted by Crippen LogP contribution is -2.32. The molecule has 1 aromatic rings. The third-order valence-corrected chi connectivity index (χ3v) is 3.18. The summed E-state index contributed by atoms with van der Waals surface area (Å²) in [6.07, 6.45) is 2.04. The number of hydrogen-bond donors (Lipinski definition) is 1. The van der Waals surface area contributed by atoms with Gasteiger partial charge in [-0.25, -0.2) is 4.39 Å². The molecule has 0 spiro atoms. The van der Waals surface area contributed by atoms with Gasteiger partial charge in [0.25, 0.3) is 5.91 Å². The highest BCUT2D eigenvalue weighted by atomic mass is 79.9. The number of carbonyl (C=O) groups is 1. The molecule has 1 heterocycles. The van der Waals surface area contributed by atoms with Crippen LogP contribution in [0.5, 0.6) is 0 Å². The Balaban J connectivity index is 1.94. The fraction of sp³-hybridized carbons (Fsp3) is 0.417. The van der Waals surface area contributed by atoms with Crippen LogP contribution in [0.1, 0.15) is 23.2 Å². The summed E-state index contributed by atoms with van der Waals surface area (Å²) in [7, 11) is 0. The van der Waals surface area contributed by atoms with Gasteiger partial charge in [-0.15, -0.1) is 0 Å². The Morgan fingerprint density at radius 3 is 3.06 bits per heavy atom. The smallest absolute Gasteiger partial charge is 0.254 e. The molecule has 2 rings (SSSR count). The van der Waals surface area contributed by atoms with Crippen molar-refractivity contribution in [2.24, 2.45) is 0 Å². The van der Waals surface area contributed by atoms with Crippen LogP contribution in [0.25, 0.3) is 0 Å². The van der Waals surface area contributed by atoms with Crippen LogP contribution in [-0.2, 0) is 4.74 Å². The van der Waals surface area contributed by atoms with Crippen molar-refractivity contribution in [1.29, 1.82) is 0 Å². The lowest BCUT2D eigenvalue weighted by Gasteiger charge is -2.11. The minimum absolute atomic E-state index is 0.0613. The molecule has 1 N–H and O–H groups in total. The molecule has 3 nitrogen and oxygen atoms in total. The first-order valence-corrected chi connectivity index (χ1v) is 6.31. The predicted molar refractivity (Wildman–Crippen MR) is 65.4 cm³/mol. The van der Waals surface area contributed by atoms with Crippen LogP contribution in [0, 0.1) is 5.82 Å². The largest absolute Gasteiger partial charge is 0.376 e. The molecule has 0 bridgehead atoms. The van der Waals surface area contributed by atoms with E-state index < -0.39 is 11.7 Å². The van der Waals surface area contributed by atoms with Crippen molar-refractivity contribution in [2.45, 2.75) is 18.9 Å². The molecular weight excluding hydrogens is 289 g/mol. The molecule has 1 fully saturated rings. The van der Waals surface area contributed by atoms with Crippen LogP contribution < -0.4 is 5.32 Å². The van der Waals surface area contributed by atoms with Crippen molar-refractivity contribution in [3.63, 3.8) is 0 Å². The molecule has 0 saturated carbocycles. The Morgan fingerprint density at radius 2 is 2.41 bits per heavy atom. The maximum Gasteiger partial charge on any atom is 0.254 e. The minimum atomic E-state index is -0.524. The van der Waals surface area contributed by atoms with E-state index in [-0.39, 0.29) is 11.7 Å². The van der Waals surface area contributed by atoms with E-state index in [1.165, 1.54) is 12.1 Å². The van der Waals surface area contributed by atoms with E-state index in [0.29, 0.717) is 11.0 Å². The summed E-state index contributed by atoms with van der Waals surface area (Å²) in [5, 5.41) is 2.68. The third-order valence-electron chi connectivity index (χ3n) is 2.69. The number of amides is 1. The van der Waals surface area contributed by atoms with Gasteiger partial charge in [-0.1, -0.05) is 15.9 Å². The number of halogens is 2. The number of carbonyl (C=O) groups excluding carboxylic acids is 1. The first-order chi connectivity index (χ1) is 8.16. The lowest BCUT2D eigenvalue weighted by atomic mass is 10.2. The normalized spacial score (nSPS) is 19.3. The van der Waals surface area contributed by atoms with Crippen molar-refractivity contribution in [2.75, 3.05) is 13.2 Å². The van der Waals surface area contributed by atoms with Gasteiger partial charge < -0.3 is 10.1 Å². The second-order valence-electron chi connectivity index (χ2n) is 3.97. The van der Waals surface area contributed by atoms with Gasteiger partial charge in [0.15, 0.2) is 0 Å². The van der Waals surface area contributed by atoms with E-state index in [9.17, 15) is 9.18 Å². The van der Waals surface area contributed by atoms with E-state index in [1.54, 1.807) is 6.07 Å². The zero-order chi connectivity index (χ0) is 12.3. The molecule has 92 valence electrons. The highest BCUT2D eigenvalue weighted by Crippen LogP contribution is 2.15. The second-order valence-corrected chi connectivity index (χ2v) is 4.88. The van der Waals surface area contributed by atoms with Crippen LogP contribution in [0.4, 0.5) is 4.39 Å². The number of nitrogens with one attached hydrogen (secondary N) is 1. The Kier molecular flexibility index (Phi) is 4.12. The van der Waals surface area contributed by atoms with Gasteiger partial charge in [0.1, 0.15) is 5.82 Å². The topological polar surface area (TPSA) is 38.3 Å². The average Bonchev–Trinajstić information content (AvgIpc) is 2.78. The van der Waals surface area contributed by atoms with Gasteiger partial charge in [-0.3, -0.25) is 4.79 Å². The van der Waals surface area contributed by atoms with Crippen LogP contribution in [0.15, 0.2) is 22.7 Å². The molecule has 1 aliphatic heterocycles. The fourth-order valence-corrected chi connectivity index (χ4v) is 2.11. The lowest BCUT2D eigenvalue weighted by molar-refractivity contribution is 0.0854. The molecule has 0 unspecified atom stereocenters. The van der Waals surface area contributed by atoms with E-state index in [1.807, 2.05) is 0 Å². The van der Waals surface area contributed by atoms with Crippen molar-refractivity contribution in [3.8, 4) is 0 Å². The molecule has 1 aliphatic rings. The molecule has 0 aliphatic carbocycles. The third kappa shape index (κ3) is 3.26. The molecule has 0 radical (unpaired) electrons. The SMILES string of the molecule is O=C(NC[C@@H]1CCCO1)c1ccc(Br)cc1F. The number of hydrogen-bond acceptors (Lipinski definition) is 2. The molecule has 1 saturated heterocycles. The standard InChI is InChI=1S/C12H13BrFNO2/c13-8-3-4-10(11(14)6-8)12(16)15-7-9-2-1-5-17-9/h3-4,6,9H,1-2,5,7H2,(H,15,16)/t9-/m0/s1. The van der Waals surface area contributed by atoms with Crippen molar-refractivity contribution in [3.05, 3.63) is 34.1 Å². The Labute approximate surface area is 107 Å². The molecule has 1 aromatic carbocycles. The summed E-state index contributed by atoms with van der Waals surface area (Å²) >= 11 is 3.15. The summed E-state index contributed by atoms with van der Waals surface area (Å²) in [5.74, 6) is -0.922. The van der Waals surface area contributed by atoms with Gasteiger partial charge in [-0.05, 0) is 31.0 Å². The average molecular weight is 302 g/mol. The maximum absolute atomic E-state index is 13.5. The molecule has 0 aromatic heterocycles. The summed E-state index contributed by atoms with van der Waals surface area (Å²) in [4.78, 5) is 11.7. The Hall–Kier alpha value is -0.940. The zero-order valence-electron chi connectivity index (χ0n) is 9.21. The van der Waals surface area contributed by atoms with Crippen molar-refractivity contribution >= 4 is 21.8 Å². The van der Waals surface area contributed by atoms with Crippen LogP contribution >= 0.6 is 15.9 Å². The van der Waals surface area contributed by atoms with Gasteiger partial charge in [-0.2, -0.15) is 0 Å². The van der Waals surface area contributed by atoms with Crippen LogP contribution in [0.2, 0.25) is 0 Å². The van der Waals surface area contributed by atoms with Gasteiger partial charge in [0, 0.05) is 17.6 Å². The first-order valence-electron chi connectivity index (χ1n) is 5.51. The Bertz CT molecular complexity index is 419. The van der Waals surface area contributed by atoms with Crippen LogP contribution in [-0.4, -0.2) is 25.2 Å². The van der Waals surface area contributed by atoms with Crippen LogP contribution in [0.3, 0.4) is 0 Å². The van der Waals surface area contributed by atoms with Crippen molar-refractivity contribution < 1.29 is 13.9 Å². The molecule has 17 heavy (non-hydrogen) atoms. The molecule has 5 heteroatoms. The second kappa shape index (κ2) is 5.60. The quantitative estimate of drug-likeness (QED) is 0.931. The number of rotatable bonds is 3. The molecular formula is C12H13BrFNO2. The highest BCUT2D eigenvalue weighted by Gasteiger charge is 2.18. The van der Waals surface area contributed by atoms with E-state index in [4.69, 9.17) is 4.74 Å². The summed E-state index contributed by atoms with van der Waals surface area (Å²) < 4.78 is 19.5. The fourth-order valence-electron chi connectivity index (χ4n) is 1.78. The summed E-state index contributed by atoms with van der Waals surface area (Å²) in [5.41, 5.74) is 0.0613. The number of benzene rings is 1. The van der Waals surface area contributed by atoms with Crippen molar-refractivity contribution in [1.82, 2.24) is 5.32 Å². The zero-order valence-corrected chi connectivity index (χ0v) is 10.8. The monoisotopic (exact) mass is 301 g/mol. The van der Waals surface area contributed by atoms with Gasteiger partial charge >= 0.3 is 0 Å². The molecule has 1 amide bonds. The van der Waals surface area contributed by atoms with E-state index >= 15 is 0 Å². The minimum Gasteiger partial charge on any atom is -0.376 e. The van der Waals surface area contributed by atoms with E-state index in [0.717, 1.165) is 19.4 Å². The highest BCUT2D eigenvalue weighted by molar-refractivity contribution is 9.10.